The summed E-state index contributed by atoms with van der Waals surface area (Å²) >= 11 is 3.04. The lowest BCUT2D eigenvalue weighted by atomic mass is 10.2. The first-order chi connectivity index (χ1) is 6.06. The number of aromatic amines is 1. The third kappa shape index (κ3) is 2.06. The first-order valence-electron chi connectivity index (χ1n) is 3.42. The Bertz CT molecular complexity index is 364. The first kappa shape index (κ1) is 10.2. The number of hydrogen-bond acceptors (Lipinski definition) is 2. The summed E-state index contributed by atoms with van der Waals surface area (Å²) in [5, 5.41) is 0.288. The lowest BCUT2D eigenvalue weighted by Crippen LogP contribution is -2.15. The van der Waals surface area contributed by atoms with E-state index in [9.17, 15) is 13.6 Å². The molecule has 0 spiro atoms. The zero-order valence-electron chi connectivity index (χ0n) is 6.48. The Morgan fingerprint density at radius 3 is 2.69 bits per heavy atom. The van der Waals surface area contributed by atoms with Crippen molar-refractivity contribution in [1.29, 1.82) is 0 Å². The van der Waals surface area contributed by atoms with E-state index in [1.807, 2.05) is 4.98 Å². The SMILES string of the molecule is Nc1cc(CBr)c(=O)[nH]c1C(F)F. The zero-order valence-corrected chi connectivity index (χ0v) is 8.07. The molecule has 0 amide bonds. The summed E-state index contributed by atoms with van der Waals surface area (Å²) in [5.41, 5.74) is 4.48. The Kier molecular flexibility index (Phi) is 3.02. The highest BCUT2D eigenvalue weighted by Gasteiger charge is 2.13. The molecule has 1 aromatic rings. The molecule has 13 heavy (non-hydrogen) atoms. The molecule has 72 valence electrons. The third-order valence-corrected chi connectivity index (χ3v) is 2.15. The summed E-state index contributed by atoms with van der Waals surface area (Å²) < 4.78 is 24.4. The van der Waals surface area contributed by atoms with E-state index in [4.69, 9.17) is 5.73 Å². The van der Waals surface area contributed by atoms with Gasteiger partial charge in [-0.2, -0.15) is 0 Å². The summed E-state index contributed by atoms with van der Waals surface area (Å²) in [6.45, 7) is 0. The molecule has 0 unspecified atom stereocenters. The van der Waals surface area contributed by atoms with Gasteiger partial charge in [-0.25, -0.2) is 8.78 Å². The van der Waals surface area contributed by atoms with E-state index in [2.05, 4.69) is 15.9 Å². The van der Waals surface area contributed by atoms with Crippen LogP contribution in [-0.2, 0) is 5.33 Å². The zero-order chi connectivity index (χ0) is 10.0. The highest BCUT2D eigenvalue weighted by molar-refractivity contribution is 9.08. The Morgan fingerprint density at radius 2 is 2.23 bits per heavy atom. The van der Waals surface area contributed by atoms with Crippen LogP contribution in [0.3, 0.4) is 0 Å². The molecule has 0 aliphatic rings. The molecule has 0 radical (unpaired) electrons. The van der Waals surface area contributed by atoms with Gasteiger partial charge < -0.3 is 10.7 Å². The molecule has 0 saturated carbocycles. The number of halogens is 3. The molecule has 1 rings (SSSR count). The average Bonchev–Trinajstić information content (AvgIpc) is 2.07. The highest BCUT2D eigenvalue weighted by atomic mass is 79.9. The maximum atomic E-state index is 12.2. The molecule has 6 heteroatoms. The van der Waals surface area contributed by atoms with Crippen LogP contribution in [0.5, 0.6) is 0 Å². The van der Waals surface area contributed by atoms with Crippen LogP contribution in [-0.4, -0.2) is 4.98 Å². The van der Waals surface area contributed by atoms with Crippen LogP contribution in [0.1, 0.15) is 17.7 Å². The Balaban J connectivity index is 3.29. The third-order valence-electron chi connectivity index (χ3n) is 1.54. The molecule has 0 aliphatic heterocycles. The van der Waals surface area contributed by atoms with Gasteiger partial charge in [0.15, 0.2) is 0 Å². The fraction of sp³-hybridized carbons (Fsp3) is 0.286. The summed E-state index contributed by atoms with van der Waals surface area (Å²) in [4.78, 5) is 13.1. The second kappa shape index (κ2) is 3.87. The number of H-pyrrole nitrogens is 1. The summed E-state index contributed by atoms with van der Waals surface area (Å²) in [6, 6.07) is 1.25. The lowest BCUT2D eigenvalue weighted by molar-refractivity contribution is 0.146. The molecule has 1 heterocycles. The van der Waals surface area contributed by atoms with Crippen molar-refractivity contribution in [2.45, 2.75) is 11.8 Å². The molecule has 1 aromatic heterocycles. The van der Waals surface area contributed by atoms with Gasteiger partial charge in [0, 0.05) is 10.9 Å². The topological polar surface area (TPSA) is 58.9 Å². The van der Waals surface area contributed by atoms with E-state index < -0.39 is 17.7 Å². The molecule has 0 bridgehead atoms. The summed E-state index contributed by atoms with van der Waals surface area (Å²) in [7, 11) is 0. The predicted molar refractivity (Wildman–Crippen MR) is 49.1 cm³/mol. The maximum absolute atomic E-state index is 12.2. The second-order valence-corrected chi connectivity index (χ2v) is 2.99. The fourth-order valence-electron chi connectivity index (χ4n) is 0.886. The lowest BCUT2D eigenvalue weighted by Gasteiger charge is -2.04. The number of aromatic nitrogens is 1. The number of anilines is 1. The number of hydrogen-bond donors (Lipinski definition) is 2. The van der Waals surface area contributed by atoms with Crippen LogP contribution in [0.25, 0.3) is 0 Å². The van der Waals surface area contributed by atoms with E-state index in [-0.39, 0.29) is 11.0 Å². The molecule has 0 aromatic carbocycles. The van der Waals surface area contributed by atoms with E-state index in [1.54, 1.807) is 0 Å². The first-order valence-corrected chi connectivity index (χ1v) is 4.54. The number of rotatable bonds is 2. The monoisotopic (exact) mass is 252 g/mol. The second-order valence-electron chi connectivity index (χ2n) is 2.43. The number of nitrogens with one attached hydrogen (secondary N) is 1. The Labute approximate surface area is 81.1 Å². The van der Waals surface area contributed by atoms with Crippen LogP contribution >= 0.6 is 15.9 Å². The number of pyridine rings is 1. The van der Waals surface area contributed by atoms with Crippen molar-refractivity contribution in [1.82, 2.24) is 4.98 Å². The van der Waals surface area contributed by atoms with Crippen molar-refractivity contribution in [2.24, 2.45) is 0 Å². The van der Waals surface area contributed by atoms with Gasteiger partial charge in [-0.1, -0.05) is 15.9 Å². The quantitative estimate of drug-likeness (QED) is 0.789. The minimum Gasteiger partial charge on any atom is -0.397 e. The molecule has 0 saturated heterocycles. The van der Waals surface area contributed by atoms with Gasteiger partial charge in [0.1, 0.15) is 5.69 Å². The van der Waals surface area contributed by atoms with Gasteiger partial charge in [0.25, 0.3) is 12.0 Å². The van der Waals surface area contributed by atoms with Crippen LogP contribution < -0.4 is 11.3 Å². The van der Waals surface area contributed by atoms with Crippen molar-refractivity contribution in [2.75, 3.05) is 5.73 Å². The highest BCUT2D eigenvalue weighted by Crippen LogP contribution is 2.21. The predicted octanol–water partition coefficient (Wildman–Crippen LogP) is 1.79. The molecular formula is C7H7BrF2N2O. The summed E-state index contributed by atoms with van der Waals surface area (Å²) in [6.07, 6.45) is -2.75. The number of nitrogens with two attached hydrogens (primary N) is 1. The minimum absolute atomic E-state index is 0.0935. The van der Waals surface area contributed by atoms with Crippen molar-refractivity contribution in [3.63, 3.8) is 0 Å². The maximum Gasteiger partial charge on any atom is 0.280 e. The van der Waals surface area contributed by atoms with E-state index in [0.717, 1.165) is 0 Å². The number of alkyl halides is 3. The van der Waals surface area contributed by atoms with Crippen LogP contribution in [0.4, 0.5) is 14.5 Å². The van der Waals surface area contributed by atoms with Gasteiger partial charge in [-0.15, -0.1) is 0 Å². The van der Waals surface area contributed by atoms with E-state index >= 15 is 0 Å². The van der Waals surface area contributed by atoms with Gasteiger partial charge in [-0.3, -0.25) is 4.79 Å². The summed E-state index contributed by atoms with van der Waals surface area (Å²) in [5.74, 6) is 0. The largest absolute Gasteiger partial charge is 0.397 e. The van der Waals surface area contributed by atoms with E-state index in [0.29, 0.717) is 5.56 Å². The molecule has 3 N–H and O–H groups in total. The Hall–Kier alpha value is -0.910. The number of nitrogen functional groups attached to an aromatic ring is 1. The van der Waals surface area contributed by atoms with Crippen LogP contribution in [0, 0.1) is 0 Å². The molecule has 0 atom stereocenters. The fourth-order valence-corrected chi connectivity index (χ4v) is 1.30. The van der Waals surface area contributed by atoms with Gasteiger partial charge in [0.05, 0.1) is 5.69 Å². The van der Waals surface area contributed by atoms with Crippen molar-refractivity contribution in [3.05, 3.63) is 27.7 Å². The van der Waals surface area contributed by atoms with Gasteiger partial charge >= 0.3 is 0 Å². The normalized spacial score (nSPS) is 10.8. The average molecular weight is 253 g/mol. The molecule has 3 nitrogen and oxygen atoms in total. The minimum atomic E-state index is -2.75. The van der Waals surface area contributed by atoms with Crippen molar-refractivity contribution in [3.8, 4) is 0 Å². The van der Waals surface area contributed by atoms with Crippen LogP contribution in [0.15, 0.2) is 10.9 Å². The molecule has 0 aliphatic carbocycles. The van der Waals surface area contributed by atoms with Gasteiger partial charge in [-0.05, 0) is 6.07 Å². The standard InChI is InChI=1S/C7H7BrF2N2O/c8-2-3-1-4(11)5(6(9)10)12-7(3)13/h1,6H,2,11H2,(H,12,13). The smallest absolute Gasteiger partial charge is 0.280 e. The molecular weight excluding hydrogens is 246 g/mol. The van der Waals surface area contributed by atoms with Crippen molar-refractivity contribution < 1.29 is 8.78 Å². The Morgan fingerprint density at radius 1 is 1.62 bits per heavy atom. The molecule has 0 fully saturated rings. The van der Waals surface area contributed by atoms with Crippen molar-refractivity contribution >= 4 is 21.6 Å². The van der Waals surface area contributed by atoms with E-state index in [1.165, 1.54) is 6.07 Å². The van der Waals surface area contributed by atoms with Gasteiger partial charge in [0.2, 0.25) is 0 Å². The van der Waals surface area contributed by atoms with Crippen LogP contribution in [0.2, 0.25) is 0 Å².